The Morgan fingerprint density at radius 3 is 2.21 bits per heavy atom. The summed E-state index contributed by atoms with van der Waals surface area (Å²) in [6, 6.07) is 3.79. The number of benzene rings is 1. The topological polar surface area (TPSA) is 29.3 Å². The van der Waals surface area contributed by atoms with Crippen LogP contribution < -0.4 is 10.6 Å². The zero-order valence-corrected chi connectivity index (χ0v) is 8.65. The second kappa shape index (κ2) is 5.78. The number of para-hydroxylation sites is 1. The maximum atomic E-state index is 13.1. The Labute approximate surface area is 88.1 Å². The molecule has 2 N–H and O–H groups in total. The molecule has 0 aromatic heterocycles. The fourth-order valence-corrected chi connectivity index (χ4v) is 1.16. The summed E-state index contributed by atoms with van der Waals surface area (Å²) in [4.78, 5) is 1.46. The molecule has 1 aromatic carbocycles. The van der Waals surface area contributed by atoms with E-state index in [-0.39, 0.29) is 18.1 Å². The Morgan fingerprint density at radius 1 is 1.29 bits per heavy atom. The van der Waals surface area contributed by atoms with Gasteiger partial charge in [-0.15, -0.1) is 12.4 Å². The van der Waals surface area contributed by atoms with Gasteiger partial charge >= 0.3 is 0 Å². The molecule has 14 heavy (non-hydrogen) atoms. The summed E-state index contributed by atoms with van der Waals surface area (Å²) >= 11 is 0. The molecule has 0 unspecified atom stereocenters. The van der Waals surface area contributed by atoms with Crippen molar-refractivity contribution in [3.05, 3.63) is 29.8 Å². The highest BCUT2D eigenvalue weighted by Crippen LogP contribution is 2.21. The van der Waals surface area contributed by atoms with E-state index in [4.69, 9.17) is 5.73 Å². The predicted octanol–water partition coefficient (Wildman–Crippen LogP) is 1.78. The Kier molecular flexibility index (Phi) is 5.42. The molecule has 0 heterocycles. The molecule has 0 fully saturated rings. The number of likely N-dealkylation sites (N-methyl/N-ethyl adjacent to an activating group) is 1. The van der Waals surface area contributed by atoms with Crippen molar-refractivity contribution in [1.82, 2.24) is 0 Å². The maximum Gasteiger partial charge on any atom is 0.149 e. The minimum atomic E-state index is -0.559. The fraction of sp³-hybridized carbons (Fsp3) is 0.333. The summed E-state index contributed by atoms with van der Waals surface area (Å²) in [6.07, 6.45) is 0. The summed E-state index contributed by atoms with van der Waals surface area (Å²) < 4.78 is 26.2. The first-order valence-electron chi connectivity index (χ1n) is 4.02. The normalized spacial score (nSPS) is 9.43. The average molecular weight is 223 g/mol. The molecule has 0 atom stereocenters. The van der Waals surface area contributed by atoms with Crippen LogP contribution in [0, 0.1) is 11.6 Å². The number of hydrogen-bond acceptors (Lipinski definition) is 2. The third-order valence-corrected chi connectivity index (χ3v) is 1.78. The van der Waals surface area contributed by atoms with E-state index >= 15 is 0 Å². The largest absolute Gasteiger partial charge is 0.369 e. The molecule has 5 heteroatoms. The Hall–Kier alpha value is -0.870. The van der Waals surface area contributed by atoms with Crippen LogP contribution in [0.5, 0.6) is 0 Å². The van der Waals surface area contributed by atoms with E-state index in [1.807, 2.05) is 0 Å². The van der Waals surface area contributed by atoms with Crippen molar-refractivity contribution in [3.63, 3.8) is 0 Å². The molecule has 0 aliphatic heterocycles. The number of halogens is 3. The van der Waals surface area contributed by atoms with Crippen molar-refractivity contribution < 1.29 is 8.78 Å². The Balaban J connectivity index is 0.00000169. The molecular formula is C9H13ClF2N2. The van der Waals surface area contributed by atoms with Crippen LogP contribution in [0.15, 0.2) is 18.2 Å². The van der Waals surface area contributed by atoms with Crippen molar-refractivity contribution in [2.75, 3.05) is 25.0 Å². The van der Waals surface area contributed by atoms with Gasteiger partial charge in [-0.25, -0.2) is 8.78 Å². The molecule has 0 saturated carbocycles. The van der Waals surface area contributed by atoms with E-state index in [1.54, 1.807) is 7.05 Å². The number of anilines is 1. The number of hydrogen-bond donors (Lipinski definition) is 1. The van der Waals surface area contributed by atoms with Gasteiger partial charge in [0.15, 0.2) is 0 Å². The van der Waals surface area contributed by atoms with Crippen LogP contribution in [0.2, 0.25) is 0 Å². The van der Waals surface area contributed by atoms with Gasteiger partial charge in [0, 0.05) is 20.1 Å². The fourth-order valence-electron chi connectivity index (χ4n) is 1.16. The van der Waals surface area contributed by atoms with E-state index in [2.05, 4.69) is 0 Å². The third-order valence-electron chi connectivity index (χ3n) is 1.78. The summed E-state index contributed by atoms with van der Waals surface area (Å²) in [5.41, 5.74) is 5.26. The molecule has 0 radical (unpaired) electrons. The standard InChI is InChI=1S/C9H12F2N2.ClH/c1-13(6-5-12)9-7(10)3-2-4-8(9)11;/h2-4H,5-6,12H2,1H3;1H. The zero-order chi connectivity index (χ0) is 9.84. The number of nitrogens with two attached hydrogens (primary N) is 1. The molecule has 1 aromatic rings. The SMILES string of the molecule is CN(CCN)c1c(F)cccc1F.Cl. The molecule has 80 valence electrons. The molecule has 0 saturated heterocycles. The van der Waals surface area contributed by atoms with Crippen LogP contribution in [0.3, 0.4) is 0 Å². The molecular weight excluding hydrogens is 210 g/mol. The third kappa shape index (κ3) is 2.82. The summed E-state index contributed by atoms with van der Waals surface area (Å²) in [5, 5.41) is 0. The quantitative estimate of drug-likeness (QED) is 0.845. The summed E-state index contributed by atoms with van der Waals surface area (Å²) in [6.45, 7) is 0.794. The molecule has 0 aliphatic rings. The van der Waals surface area contributed by atoms with Gasteiger partial charge < -0.3 is 10.6 Å². The second-order valence-electron chi connectivity index (χ2n) is 2.78. The van der Waals surface area contributed by atoms with Crippen LogP contribution in [-0.4, -0.2) is 20.1 Å². The Bertz CT molecular complexity index is 274. The van der Waals surface area contributed by atoms with Gasteiger partial charge in [0.1, 0.15) is 17.3 Å². The number of nitrogens with zero attached hydrogens (tertiary/aromatic N) is 1. The van der Waals surface area contributed by atoms with Gasteiger partial charge in [0.2, 0.25) is 0 Å². The minimum Gasteiger partial charge on any atom is -0.369 e. The van der Waals surface area contributed by atoms with E-state index in [1.165, 1.54) is 23.1 Å². The summed E-state index contributed by atoms with van der Waals surface area (Å²) in [7, 11) is 1.61. The number of rotatable bonds is 3. The van der Waals surface area contributed by atoms with Crippen LogP contribution in [-0.2, 0) is 0 Å². The Morgan fingerprint density at radius 2 is 1.79 bits per heavy atom. The van der Waals surface area contributed by atoms with E-state index in [0.29, 0.717) is 13.1 Å². The van der Waals surface area contributed by atoms with E-state index in [0.717, 1.165) is 0 Å². The molecule has 0 bridgehead atoms. The van der Waals surface area contributed by atoms with E-state index in [9.17, 15) is 8.78 Å². The van der Waals surface area contributed by atoms with Crippen LogP contribution in [0.1, 0.15) is 0 Å². The van der Waals surface area contributed by atoms with Crippen molar-refractivity contribution in [2.24, 2.45) is 5.73 Å². The lowest BCUT2D eigenvalue weighted by atomic mass is 10.2. The van der Waals surface area contributed by atoms with Gasteiger partial charge in [-0.2, -0.15) is 0 Å². The van der Waals surface area contributed by atoms with Gasteiger partial charge in [-0.05, 0) is 12.1 Å². The minimum absolute atomic E-state index is 0. The van der Waals surface area contributed by atoms with Crippen molar-refractivity contribution in [3.8, 4) is 0 Å². The van der Waals surface area contributed by atoms with E-state index < -0.39 is 11.6 Å². The first-order chi connectivity index (χ1) is 6.16. The van der Waals surface area contributed by atoms with Gasteiger partial charge in [0.05, 0.1) is 0 Å². The summed E-state index contributed by atoms with van der Waals surface area (Å²) in [5.74, 6) is -1.12. The van der Waals surface area contributed by atoms with Crippen molar-refractivity contribution in [1.29, 1.82) is 0 Å². The maximum absolute atomic E-state index is 13.1. The van der Waals surface area contributed by atoms with Crippen molar-refractivity contribution in [2.45, 2.75) is 0 Å². The van der Waals surface area contributed by atoms with Gasteiger partial charge in [-0.1, -0.05) is 6.07 Å². The lowest BCUT2D eigenvalue weighted by Crippen LogP contribution is -2.26. The van der Waals surface area contributed by atoms with Gasteiger partial charge in [-0.3, -0.25) is 0 Å². The second-order valence-corrected chi connectivity index (χ2v) is 2.78. The lowest BCUT2D eigenvalue weighted by Gasteiger charge is -2.19. The zero-order valence-electron chi connectivity index (χ0n) is 7.84. The van der Waals surface area contributed by atoms with Crippen molar-refractivity contribution >= 4 is 18.1 Å². The molecule has 1 rings (SSSR count). The lowest BCUT2D eigenvalue weighted by molar-refractivity contribution is 0.577. The first-order valence-corrected chi connectivity index (χ1v) is 4.02. The van der Waals surface area contributed by atoms with Crippen LogP contribution in [0.4, 0.5) is 14.5 Å². The molecule has 0 spiro atoms. The van der Waals surface area contributed by atoms with Crippen LogP contribution in [0.25, 0.3) is 0 Å². The van der Waals surface area contributed by atoms with Crippen LogP contribution >= 0.6 is 12.4 Å². The smallest absolute Gasteiger partial charge is 0.149 e. The highest BCUT2D eigenvalue weighted by Gasteiger charge is 2.11. The molecule has 2 nitrogen and oxygen atoms in total. The monoisotopic (exact) mass is 222 g/mol. The van der Waals surface area contributed by atoms with Gasteiger partial charge in [0.25, 0.3) is 0 Å². The predicted molar refractivity (Wildman–Crippen MR) is 55.9 cm³/mol. The molecule has 0 amide bonds. The highest BCUT2D eigenvalue weighted by molar-refractivity contribution is 5.85. The highest BCUT2D eigenvalue weighted by atomic mass is 35.5. The molecule has 0 aliphatic carbocycles. The average Bonchev–Trinajstić information content (AvgIpc) is 2.04. The first kappa shape index (κ1) is 13.1.